The Morgan fingerprint density at radius 2 is 1.93 bits per heavy atom. The molecule has 0 saturated carbocycles. The number of alkyl halides is 3. The van der Waals surface area contributed by atoms with Crippen molar-refractivity contribution in [3.8, 4) is 5.69 Å². The maximum atomic E-state index is 13.7. The number of halogens is 4. The van der Waals surface area contributed by atoms with Crippen LogP contribution in [0.4, 0.5) is 13.2 Å². The first-order chi connectivity index (χ1) is 13.9. The number of amides is 1. The van der Waals surface area contributed by atoms with Crippen LogP contribution in [0, 0.1) is 13.8 Å². The number of carbonyl (C=O) groups is 1. The van der Waals surface area contributed by atoms with E-state index in [1.807, 2.05) is 0 Å². The number of rotatable bonds is 4. The first-order valence-corrected chi connectivity index (χ1v) is 9.54. The van der Waals surface area contributed by atoms with Crippen molar-refractivity contribution in [2.45, 2.75) is 46.5 Å². The minimum absolute atomic E-state index is 0.0784. The molecule has 0 radical (unpaired) electrons. The molecule has 0 aliphatic carbocycles. The van der Waals surface area contributed by atoms with Gasteiger partial charge < -0.3 is 5.32 Å². The van der Waals surface area contributed by atoms with Crippen LogP contribution in [0.2, 0.25) is 5.02 Å². The van der Waals surface area contributed by atoms with Gasteiger partial charge in [0.1, 0.15) is 12.2 Å². The standard InChI is InChI=1S/C20H20ClF3N4O2/c1-10(2)25-16(29)9-27-17(30)8-13(20(22,23)24)18-12(4)26-28(19(18)27)15-7-5-6-14(21)11(15)3/h5-8,10H,9H2,1-4H3,(H,25,29). The molecular formula is C20H20ClF3N4O2. The molecule has 6 nitrogen and oxygen atoms in total. The third-order valence-electron chi connectivity index (χ3n) is 4.62. The number of pyridine rings is 1. The summed E-state index contributed by atoms with van der Waals surface area (Å²) in [5, 5.41) is 7.07. The Balaban J connectivity index is 2.41. The van der Waals surface area contributed by atoms with Gasteiger partial charge in [-0.3, -0.25) is 14.2 Å². The number of fused-ring (bicyclic) bond motifs is 1. The highest BCUT2D eigenvalue weighted by Crippen LogP contribution is 2.36. The van der Waals surface area contributed by atoms with Gasteiger partial charge in [-0.2, -0.15) is 18.3 Å². The molecule has 0 bridgehead atoms. The smallest absolute Gasteiger partial charge is 0.352 e. The molecular weight excluding hydrogens is 421 g/mol. The van der Waals surface area contributed by atoms with E-state index in [1.165, 1.54) is 11.6 Å². The zero-order valence-electron chi connectivity index (χ0n) is 16.8. The highest BCUT2D eigenvalue weighted by atomic mass is 35.5. The molecule has 1 N–H and O–H groups in total. The molecule has 2 aromatic heterocycles. The van der Waals surface area contributed by atoms with Gasteiger partial charge in [0.15, 0.2) is 0 Å². The molecule has 0 aliphatic heterocycles. The normalized spacial score (nSPS) is 12.0. The van der Waals surface area contributed by atoms with E-state index >= 15 is 0 Å². The van der Waals surface area contributed by atoms with Crippen LogP contribution >= 0.6 is 11.6 Å². The van der Waals surface area contributed by atoms with Crippen LogP contribution in [0.3, 0.4) is 0 Å². The largest absolute Gasteiger partial charge is 0.417 e. The SMILES string of the molecule is Cc1c(Cl)cccc1-n1nc(C)c2c(C(F)(F)F)cc(=O)n(CC(=O)NC(C)C)c21. The van der Waals surface area contributed by atoms with Gasteiger partial charge in [0, 0.05) is 17.1 Å². The van der Waals surface area contributed by atoms with Gasteiger partial charge >= 0.3 is 6.18 Å². The van der Waals surface area contributed by atoms with Crippen molar-refractivity contribution in [3.05, 3.63) is 56.5 Å². The van der Waals surface area contributed by atoms with E-state index in [1.54, 1.807) is 39.0 Å². The number of hydrogen-bond acceptors (Lipinski definition) is 3. The lowest BCUT2D eigenvalue weighted by atomic mass is 10.1. The van der Waals surface area contributed by atoms with E-state index in [-0.39, 0.29) is 22.8 Å². The highest BCUT2D eigenvalue weighted by Gasteiger charge is 2.36. The minimum Gasteiger partial charge on any atom is -0.352 e. The van der Waals surface area contributed by atoms with Gasteiger partial charge in [-0.1, -0.05) is 17.7 Å². The topological polar surface area (TPSA) is 68.9 Å². The maximum absolute atomic E-state index is 13.7. The van der Waals surface area contributed by atoms with Crippen molar-refractivity contribution in [1.82, 2.24) is 19.7 Å². The van der Waals surface area contributed by atoms with Crippen molar-refractivity contribution in [2.24, 2.45) is 0 Å². The van der Waals surface area contributed by atoms with Gasteiger partial charge in [-0.05, 0) is 45.4 Å². The zero-order valence-corrected chi connectivity index (χ0v) is 17.5. The molecule has 2 heterocycles. The second kappa shape index (κ2) is 7.79. The Labute approximate surface area is 175 Å². The molecule has 0 fully saturated rings. The first-order valence-electron chi connectivity index (χ1n) is 9.17. The summed E-state index contributed by atoms with van der Waals surface area (Å²) in [7, 11) is 0. The fourth-order valence-corrected chi connectivity index (χ4v) is 3.51. The van der Waals surface area contributed by atoms with Gasteiger partial charge in [0.2, 0.25) is 5.91 Å². The number of carbonyl (C=O) groups excluding carboxylic acids is 1. The molecule has 0 unspecified atom stereocenters. The van der Waals surface area contributed by atoms with Gasteiger partial charge in [-0.25, -0.2) is 4.68 Å². The highest BCUT2D eigenvalue weighted by molar-refractivity contribution is 6.31. The summed E-state index contributed by atoms with van der Waals surface area (Å²) in [6, 6.07) is 5.23. The van der Waals surface area contributed by atoms with Crippen molar-refractivity contribution in [3.63, 3.8) is 0 Å². The number of aromatic nitrogens is 3. The average molecular weight is 441 g/mol. The Hall–Kier alpha value is -2.81. The number of benzene rings is 1. The van der Waals surface area contributed by atoms with Gasteiger partial charge in [0.05, 0.1) is 22.3 Å². The quantitative estimate of drug-likeness (QED) is 0.666. The van der Waals surface area contributed by atoms with Crippen molar-refractivity contribution in [2.75, 3.05) is 0 Å². The molecule has 3 aromatic rings. The maximum Gasteiger partial charge on any atom is 0.417 e. The van der Waals surface area contributed by atoms with E-state index in [0.29, 0.717) is 22.3 Å². The summed E-state index contributed by atoms with van der Waals surface area (Å²) in [6.45, 7) is 6.16. The lowest BCUT2D eigenvalue weighted by Gasteiger charge is -2.16. The van der Waals surface area contributed by atoms with E-state index in [2.05, 4.69) is 10.4 Å². The van der Waals surface area contributed by atoms with Crippen LogP contribution in [-0.2, 0) is 17.5 Å². The van der Waals surface area contributed by atoms with Gasteiger partial charge in [0.25, 0.3) is 5.56 Å². The first kappa shape index (κ1) is 21.9. The second-order valence-electron chi connectivity index (χ2n) is 7.28. The summed E-state index contributed by atoms with van der Waals surface area (Å²) in [5.74, 6) is -0.499. The minimum atomic E-state index is -4.77. The molecule has 0 spiro atoms. The van der Waals surface area contributed by atoms with Crippen molar-refractivity contribution in [1.29, 1.82) is 0 Å². The van der Waals surface area contributed by atoms with Crippen LogP contribution < -0.4 is 10.9 Å². The predicted molar refractivity (Wildman–Crippen MR) is 108 cm³/mol. The summed E-state index contributed by atoms with van der Waals surface area (Å²) in [4.78, 5) is 25.0. The summed E-state index contributed by atoms with van der Waals surface area (Å²) >= 11 is 6.18. The number of hydrogen-bond donors (Lipinski definition) is 1. The van der Waals surface area contributed by atoms with E-state index in [0.717, 1.165) is 4.57 Å². The van der Waals surface area contributed by atoms with Crippen molar-refractivity contribution >= 4 is 28.5 Å². The lowest BCUT2D eigenvalue weighted by molar-refractivity contribution is -0.136. The van der Waals surface area contributed by atoms with E-state index < -0.39 is 29.8 Å². The third kappa shape index (κ3) is 3.94. The molecule has 0 saturated heterocycles. The zero-order chi connectivity index (χ0) is 22.4. The summed E-state index contributed by atoms with van der Waals surface area (Å²) in [6.07, 6.45) is -4.77. The second-order valence-corrected chi connectivity index (χ2v) is 7.69. The number of aryl methyl sites for hydroxylation is 1. The Kier molecular flexibility index (Phi) is 5.68. The predicted octanol–water partition coefficient (Wildman–Crippen LogP) is 4.00. The average Bonchev–Trinajstić information content (AvgIpc) is 2.95. The molecule has 1 amide bonds. The van der Waals surface area contributed by atoms with Crippen LogP contribution in [0.25, 0.3) is 16.7 Å². The van der Waals surface area contributed by atoms with Gasteiger partial charge in [-0.15, -0.1) is 0 Å². The molecule has 30 heavy (non-hydrogen) atoms. The molecule has 3 rings (SSSR count). The van der Waals surface area contributed by atoms with Crippen LogP contribution in [0.15, 0.2) is 29.1 Å². The van der Waals surface area contributed by atoms with E-state index in [9.17, 15) is 22.8 Å². The molecule has 160 valence electrons. The fourth-order valence-electron chi connectivity index (χ4n) is 3.34. The molecule has 1 aromatic carbocycles. The fraction of sp³-hybridized carbons (Fsp3) is 0.350. The summed E-state index contributed by atoms with van der Waals surface area (Å²) in [5.41, 5.74) is -1.09. The number of nitrogens with one attached hydrogen (secondary N) is 1. The lowest BCUT2D eigenvalue weighted by Crippen LogP contribution is -2.36. The van der Waals surface area contributed by atoms with Crippen LogP contribution in [-0.4, -0.2) is 26.3 Å². The number of nitrogens with zero attached hydrogens (tertiary/aromatic N) is 3. The van der Waals surface area contributed by atoms with Crippen LogP contribution in [0.1, 0.15) is 30.7 Å². The third-order valence-corrected chi connectivity index (χ3v) is 5.03. The van der Waals surface area contributed by atoms with Crippen LogP contribution in [0.5, 0.6) is 0 Å². The molecule has 10 heteroatoms. The monoisotopic (exact) mass is 440 g/mol. The molecule has 0 aliphatic rings. The molecule has 0 atom stereocenters. The van der Waals surface area contributed by atoms with E-state index in [4.69, 9.17) is 11.6 Å². The Morgan fingerprint density at radius 1 is 1.27 bits per heavy atom. The Morgan fingerprint density at radius 3 is 2.53 bits per heavy atom. The van der Waals surface area contributed by atoms with Crippen molar-refractivity contribution < 1.29 is 18.0 Å². The summed E-state index contributed by atoms with van der Waals surface area (Å²) < 4.78 is 43.4. The Bertz CT molecular complexity index is 1200.